The van der Waals surface area contributed by atoms with E-state index in [1.54, 1.807) is 18.2 Å². The van der Waals surface area contributed by atoms with E-state index >= 15 is 0 Å². The van der Waals surface area contributed by atoms with Crippen LogP contribution < -0.4 is 14.8 Å². The Morgan fingerprint density at radius 2 is 1.75 bits per heavy atom. The number of rotatable bonds is 8. The van der Waals surface area contributed by atoms with Crippen LogP contribution in [-0.4, -0.2) is 75.2 Å². The van der Waals surface area contributed by atoms with Crippen LogP contribution in [0.15, 0.2) is 18.2 Å². The van der Waals surface area contributed by atoms with Gasteiger partial charge in [-0.05, 0) is 39.1 Å². The third-order valence-electron chi connectivity index (χ3n) is 4.12. The average molecular weight is 335 g/mol. The second-order valence-corrected chi connectivity index (χ2v) is 5.93. The molecule has 24 heavy (non-hydrogen) atoms. The van der Waals surface area contributed by atoms with E-state index in [9.17, 15) is 4.79 Å². The summed E-state index contributed by atoms with van der Waals surface area (Å²) in [4.78, 5) is 17.0. The fraction of sp³-hybridized carbons (Fsp3) is 0.611. The van der Waals surface area contributed by atoms with E-state index in [0.29, 0.717) is 36.8 Å². The molecule has 0 spiro atoms. The monoisotopic (exact) mass is 335 g/mol. The van der Waals surface area contributed by atoms with E-state index in [2.05, 4.69) is 22.2 Å². The van der Waals surface area contributed by atoms with Crippen molar-refractivity contribution in [1.82, 2.24) is 15.1 Å². The Labute approximate surface area is 144 Å². The zero-order valence-corrected chi connectivity index (χ0v) is 15.0. The van der Waals surface area contributed by atoms with Crippen molar-refractivity contribution in [1.29, 1.82) is 0 Å². The third kappa shape index (κ3) is 5.39. The van der Waals surface area contributed by atoms with E-state index in [4.69, 9.17) is 9.47 Å². The van der Waals surface area contributed by atoms with E-state index in [-0.39, 0.29) is 5.91 Å². The SMILES string of the molecule is CCOc1ccc(C(=O)NCCN2CCN(C)CC2)cc1OCC. The second-order valence-electron chi connectivity index (χ2n) is 5.93. The van der Waals surface area contributed by atoms with Gasteiger partial charge in [-0.15, -0.1) is 0 Å². The van der Waals surface area contributed by atoms with Crippen LogP contribution in [0.25, 0.3) is 0 Å². The first-order valence-electron chi connectivity index (χ1n) is 8.72. The van der Waals surface area contributed by atoms with E-state index in [1.165, 1.54) is 0 Å². The largest absolute Gasteiger partial charge is 0.490 e. The number of likely N-dealkylation sites (N-methyl/N-ethyl adjacent to an activating group) is 1. The first kappa shape index (κ1) is 18.5. The normalized spacial score (nSPS) is 16.0. The zero-order valence-electron chi connectivity index (χ0n) is 15.0. The number of hydrogen-bond acceptors (Lipinski definition) is 5. The molecule has 1 N–H and O–H groups in total. The molecule has 2 rings (SSSR count). The summed E-state index contributed by atoms with van der Waals surface area (Å²) in [7, 11) is 2.14. The van der Waals surface area contributed by atoms with Crippen molar-refractivity contribution in [2.45, 2.75) is 13.8 Å². The maximum absolute atomic E-state index is 12.3. The maximum Gasteiger partial charge on any atom is 0.251 e. The molecular weight excluding hydrogens is 306 g/mol. The third-order valence-corrected chi connectivity index (χ3v) is 4.12. The number of amides is 1. The van der Waals surface area contributed by atoms with Gasteiger partial charge in [0.1, 0.15) is 0 Å². The highest BCUT2D eigenvalue weighted by molar-refractivity contribution is 5.94. The topological polar surface area (TPSA) is 54.0 Å². The van der Waals surface area contributed by atoms with E-state index < -0.39 is 0 Å². The molecule has 1 heterocycles. The summed E-state index contributed by atoms with van der Waals surface area (Å²) in [5, 5.41) is 2.99. The van der Waals surface area contributed by atoms with Gasteiger partial charge in [0.05, 0.1) is 13.2 Å². The van der Waals surface area contributed by atoms with Gasteiger partial charge in [-0.1, -0.05) is 0 Å². The molecule has 1 fully saturated rings. The molecule has 1 aliphatic rings. The summed E-state index contributed by atoms with van der Waals surface area (Å²) in [6.45, 7) is 10.8. The molecule has 0 unspecified atom stereocenters. The smallest absolute Gasteiger partial charge is 0.251 e. The molecule has 0 bridgehead atoms. The van der Waals surface area contributed by atoms with Crippen molar-refractivity contribution in [2.24, 2.45) is 0 Å². The Bertz CT molecular complexity index is 528. The highest BCUT2D eigenvalue weighted by Crippen LogP contribution is 2.28. The lowest BCUT2D eigenvalue weighted by atomic mass is 10.2. The van der Waals surface area contributed by atoms with Gasteiger partial charge in [0, 0.05) is 44.8 Å². The van der Waals surface area contributed by atoms with Crippen LogP contribution in [0.5, 0.6) is 11.5 Å². The van der Waals surface area contributed by atoms with Gasteiger partial charge in [-0.25, -0.2) is 0 Å². The number of piperazine rings is 1. The predicted octanol–water partition coefficient (Wildman–Crippen LogP) is 1.46. The van der Waals surface area contributed by atoms with Crippen molar-refractivity contribution in [2.75, 3.05) is 59.5 Å². The summed E-state index contributed by atoms with van der Waals surface area (Å²) in [6.07, 6.45) is 0. The molecule has 1 amide bonds. The highest BCUT2D eigenvalue weighted by Gasteiger charge is 2.14. The molecule has 1 aliphatic heterocycles. The maximum atomic E-state index is 12.3. The van der Waals surface area contributed by atoms with E-state index in [0.717, 1.165) is 32.7 Å². The number of carbonyl (C=O) groups excluding carboxylic acids is 1. The molecule has 0 saturated carbocycles. The van der Waals surface area contributed by atoms with Gasteiger partial charge in [0.25, 0.3) is 5.91 Å². The van der Waals surface area contributed by atoms with Crippen LogP contribution >= 0.6 is 0 Å². The van der Waals surface area contributed by atoms with Gasteiger partial charge < -0.3 is 19.7 Å². The van der Waals surface area contributed by atoms with Gasteiger partial charge in [0.15, 0.2) is 11.5 Å². The zero-order chi connectivity index (χ0) is 17.4. The first-order chi connectivity index (χ1) is 11.6. The fourth-order valence-corrected chi connectivity index (χ4v) is 2.69. The van der Waals surface area contributed by atoms with Gasteiger partial charge in [-0.3, -0.25) is 9.69 Å². The summed E-state index contributed by atoms with van der Waals surface area (Å²) >= 11 is 0. The van der Waals surface area contributed by atoms with E-state index in [1.807, 2.05) is 13.8 Å². The van der Waals surface area contributed by atoms with Crippen LogP contribution in [0.4, 0.5) is 0 Å². The molecule has 0 radical (unpaired) electrons. The minimum atomic E-state index is -0.0758. The Hall–Kier alpha value is -1.79. The molecule has 134 valence electrons. The molecule has 1 aromatic carbocycles. The summed E-state index contributed by atoms with van der Waals surface area (Å²) in [5.74, 6) is 1.22. The predicted molar refractivity (Wildman–Crippen MR) is 95.1 cm³/mol. The van der Waals surface area contributed by atoms with Crippen molar-refractivity contribution in [3.8, 4) is 11.5 Å². The van der Waals surface area contributed by atoms with Crippen molar-refractivity contribution >= 4 is 5.91 Å². The molecule has 6 heteroatoms. The van der Waals surface area contributed by atoms with Crippen LogP contribution in [0.2, 0.25) is 0 Å². The fourth-order valence-electron chi connectivity index (χ4n) is 2.69. The molecule has 0 atom stereocenters. The molecule has 1 aromatic rings. The summed E-state index contributed by atoms with van der Waals surface area (Å²) in [5.41, 5.74) is 0.597. The lowest BCUT2D eigenvalue weighted by Crippen LogP contribution is -2.46. The lowest BCUT2D eigenvalue weighted by Gasteiger charge is -2.32. The van der Waals surface area contributed by atoms with Crippen LogP contribution in [-0.2, 0) is 0 Å². The number of nitrogens with one attached hydrogen (secondary N) is 1. The lowest BCUT2D eigenvalue weighted by molar-refractivity contribution is 0.0940. The molecule has 6 nitrogen and oxygen atoms in total. The molecule has 0 aliphatic carbocycles. The van der Waals surface area contributed by atoms with Crippen LogP contribution in [0.3, 0.4) is 0 Å². The van der Waals surface area contributed by atoms with Gasteiger partial charge in [0.2, 0.25) is 0 Å². The number of hydrogen-bond donors (Lipinski definition) is 1. The number of ether oxygens (including phenoxy) is 2. The Balaban J connectivity index is 1.86. The first-order valence-corrected chi connectivity index (χ1v) is 8.72. The molecular formula is C18H29N3O3. The van der Waals surface area contributed by atoms with Crippen LogP contribution in [0.1, 0.15) is 24.2 Å². The van der Waals surface area contributed by atoms with Crippen LogP contribution in [0, 0.1) is 0 Å². The minimum Gasteiger partial charge on any atom is -0.490 e. The average Bonchev–Trinajstić information content (AvgIpc) is 2.58. The standard InChI is InChI=1S/C18H29N3O3/c1-4-23-16-7-6-15(14-17(16)24-5-2)18(22)19-8-9-21-12-10-20(3)11-13-21/h6-7,14H,4-5,8-13H2,1-3H3,(H,19,22). The number of benzene rings is 1. The molecule has 1 saturated heterocycles. The summed E-state index contributed by atoms with van der Waals surface area (Å²) < 4.78 is 11.1. The molecule has 0 aromatic heterocycles. The second kappa shape index (κ2) is 9.49. The minimum absolute atomic E-state index is 0.0758. The number of carbonyl (C=O) groups is 1. The quantitative estimate of drug-likeness (QED) is 0.779. The Kier molecular flexibility index (Phi) is 7.34. The van der Waals surface area contributed by atoms with Crippen molar-refractivity contribution < 1.29 is 14.3 Å². The Morgan fingerprint density at radius 3 is 2.42 bits per heavy atom. The van der Waals surface area contributed by atoms with Gasteiger partial charge in [-0.2, -0.15) is 0 Å². The van der Waals surface area contributed by atoms with Gasteiger partial charge >= 0.3 is 0 Å². The Morgan fingerprint density at radius 1 is 1.08 bits per heavy atom. The van der Waals surface area contributed by atoms with Crippen molar-refractivity contribution in [3.63, 3.8) is 0 Å². The number of nitrogens with zero attached hydrogens (tertiary/aromatic N) is 2. The summed E-state index contributed by atoms with van der Waals surface area (Å²) in [6, 6.07) is 5.32. The van der Waals surface area contributed by atoms with Crippen molar-refractivity contribution in [3.05, 3.63) is 23.8 Å². The highest BCUT2D eigenvalue weighted by atomic mass is 16.5.